The largest absolute Gasteiger partial charge is 0.469 e. The van der Waals surface area contributed by atoms with Gasteiger partial charge in [-0.15, -0.1) is 0 Å². The third-order valence-electron chi connectivity index (χ3n) is 1.59. The number of carbonyl (C=O) groups excluding carboxylic acids is 2. The van der Waals surface area contributed by atoms with Crippen LogP contribution >= 0.6 is 0 Å². The maximum atomic E-state index is 13.0. The van der Waals surface area contributed by atoms with E-state index in [-0.39, 0.29) is 0 Å². The highest BCUT2D eigenvalue weighted by atomic mass is 19.3. The first-order chi connectivity index (χ1) is 6.31. The molecule has 0 saturated heterocycles. The normalized spacial score (nSPS) is 10.9. The van der Waals surface area contributed by atoms with Gasteiger partial charge in [-0.25, -0.2) is 0 Å². The van der Waals surface area contributed by atoms with Gasteiger partial charge in [-0.1, -0.05) is 0 Å². The number of nitrogens with zero attached hydrogens (tertiary/aromatic N) is 1. The third kappa shape index (κ3) is 3.68. The minimum atomic E-state index is -3.50. The molecule has 0 heterocycles. The minimum absolute atomic E-state index is 0.469. The maximum Gasteiger partial charge on any atom is 0.325 e. The van der Waals surface area contributed by atoms with Crippen molar-refractivity contribution in [3.8, 4) is 0 Å². The number of methoxy groups -OCH3 is 1. The Balaban J connectivity index is 4.20. The first kappa shape index (κ1) is 12.8. The molecular formula is C8H13F2NO3. The number of hydrogen-bond acceptors (Lipinski definition) is 3. The highest BCUT2D eigenvalue weighted by Gasteiger charge is 2.40. The Labute approximate surface area is 80.8 Å². The van der Waals surface area contributed by atoms with Gasteiger partial charge in [-0.2, -0.15) is 8.78 Å². The number of ether oxygens (including phenoxy) is 1. The summed E-state index contributed by atoms with van der Waals surface area (Å²) in [4.78, 5) is 22.2. The quantitative estimate of drug-likeness (QED) is 0.639. The molecule has 82 valence electrons. The van der Waals surface area contributed by atoms with Gasteiger partial charge >= 0.3 is 11.9 Å². The highest BCUT2D eigenvalue weighted by molar-refractivity contribution is 5.83. The topological polar surface area (TPSA) is 46.6 Å². The molecule has 14 heavy (non-hydrogen) atoms. The molecule has 0 fully saturated rings. The van der Waals surface area contributed by atoms with Gasteiger partial charge in [0.2, 0.25) is 0 Å². The summed E-state index contributed by atoms with van der Waals surface area (Å²) in [7, 11) is 3.57. The zero-order valence-corrected chi connectivity index (χ0v) is 8.34. The number of esters is 1. The Morgan fingerprint density at radius 2 is 1.86 bits per heavy atom. The summed E-state index contributed by atoms with van der Waals surface area (Å²) < 4.78 is 30.1. The highest BCUT2D eigenvalue weighted by Crippen LogP contribution is 2.22. The van der Waals surface area contributed by atoms with E-state index in [0.717, 1.165) is 12.0 Å². The second-order valence-electron chi connectivity index (χ2n) is 2.98. The SMILES string of the molecule is COC(=O)CCC(F)(F)C(=O)N(C)C. The van der Waals surface area contributed by atoms with E-state index in [4.69, 9.17) is 0 Å². The van der Waals surface area contributed by atoms with Crippen LogP contribution in [0.1, 0.15) is 12.8 Å². The monoisotopic (exact) mass is 209 g/mol. The Hall–Kier alpha value is -1.20. The van der Waals surface area contributed by atoms with Gasteiger partial charge in [-0.05, 0) is 0 Å². The molecule has 1 amide bonds. The van der Waals surface area contributed by atoms with Crippen molar-refractivity contribution >= 4 is 11.9 Å². The Kier molecular flexibility index (Phi) is 4.46. The van der Waals surface area contributed by atoms with Crippen LogP contribution < -0.4 is 0 Å². The fraction of sp³-hybridized carbons (Fsp3) is 0.750. The van der Waals surface area contributed by atoms with Gasteiger partial charge in [-0.3, -0.25) is 9.59 Å². The minimum Gasteiger partial charge on any atom is -0.469 e. The lowest BCUT2D eigenvalue weighted by molar-refractivity contribution is -0.157. The van der Waals surface area contributed by atoms with Crippen LogP contribution in [0, 0.1) is 0 Å². The maximum absolute atomic E-state index is 13.0. The van der Waals surface area contributed by atoms with Gasteiger partial charge in [0, 0.05) is 20.5 Å². The van der Waals surface area contributed by atoms with Gasteiger partial charge in [0.1, 0.15) is 0 Å². The van der Waals surface area contributed by atoms with E-state index in [1.165, 1.54) is 14.1 Å². The molecule has 0 saturated carbocycles. The molecular weight excluding hydrogens is 196 g/mol. The summed E-state index contributed by atoms with van der Waals surface area (Å²) in [6.45, 7) is 0. The standard InChI is InChI=1S/C8H13F2NO3/c1-11(2)7(13)8(9,10)5-4-6(12)14-3/h4-5H2,1-3H3. The van der Waals surface area contributed by atoms with Crippen molar-refractivity contribution in [2.45, 2.75) is 18.8 Å². The Bertz CT molecular complexity index is 229. The molecule has 0 aromatic heterocycles. The van der Waals surface area contributed by atoms with Gasteiger partial charge in [0.15, 0.2) is 0 Å². The molecule has 0 N–H and O–H groups in total. The van der Waals surface area contributed by atoms with E-state index in [9.17, 15) is 18.4 Å². The summed E-state index contributed by atoms with van der Waals surface area (Å²) in [6, 6.07) is 0. The van der Waals surface area contributed by atoms with Crippen LogP contribution in [0.25, 0.3) is 0 Å². The van der Waals surface area contributed by atoms with Crippen molar-refractivity contribution in [3.63, 3.8) is 0 Å². The molecule has 0 bridgehead atoms. The number of halogens is 2. The number of hydrogen-bond donors (Lipinski definition) is 0. The summed E-state index contributed by atoms with van der Waals surface area (Å²) in [6.07, 6.45) is -1.29. The summed E-state index contributed by atoms with van der Waals surface area (Å²) >= 11 is 0. The molecule has 6 heteroatoms. The van der Waals surface area contributed by atoms with E-state index in [2.05, 4.69) is 4.74 Å². The number of rotatable bonds is 4. The first-order valence-corrected chi connectivity index (χ1v) is 3.97. The van der Waals surface area contributed by atoms with Crippen LogP contribution in [-0.4, -0.2) is 43.9 Å². The number of amides is 1. The molecule has 4 nitrogen and oxygen atoms in total. The van der Waals surface area contributed by atoms with E-state index < -0.39 is 30.6 Å². The second-order valence-corrected chi connectivity index (χ2v) is 2.98. The van der Waals surface area contributed by atoms with Crippen molar-refractivity contribution in [1.82, 2.24) is 4.90 Å². The van der Waals surface area contributed by atoms with Crippen molar-refractivity contribution < 1.29 is 23.1 Å². The summed E-state index contributed by atoms with van der Waals surface area (Å²) in [5.41, 5.74) is 0. The lowest BCUT2D eigenvalue weighted by atomic mass is 10.1. The number of carbonyl (C=O) groups is 2. The van der Waals surface area contributed by atoms with Crippen LogP contribution in [0.5, 0.6) is 0 Å². The van der Waals surface area contributed by atoms with E-state index in [1.807, 2.05) is 0 Å². The molecule has 0 spiro atoms. The van der Waals surface area contributed by atoms with Crippen molar-refractivity contribution in [2.75, 3.05) is 21.2 Å². The van der Waals surface area contributed by atoms with Crippen molar-refractivity contribution in [3.05, 3.63) is 0 Å². The van der Waals surface area contributed by atoms with E-state index in [0.29, 0.717) is 0 Å². The molecule has 0 atom stereocenters. The summed E-state index contributed by atoms with van der Waals surface area (Å²) in [5.74, 6) is -5.56. The smallest absolute Gasteiger partial charge is 0.325 e. The van der Waals surface area contributed by atoms with Gasteiger partial charge in [0.05, 0.1) is 13.5 Å². The fourth-order valence-corrected chi connectivity index (χ4v) is 0.795. The van der Waals surface area contributed by atoms with Crippen molar-refractivity contribution in [2.24, 2.45) is 0 Å². The third-order valence-corrected chi connectivity index (χ3v) is 1.59. The second kappa shape index (κ2) is 4.88. The van der Waals surface area contributed by atoms with E-state index in [1.54, 1.807) is 0 Å². The lowest BCUT2D eigenvalue weighted by Crippen LogP contribution is -2.39. The van der Waals surface area contributed by atoms with Crippen LogP contribution in [0.4, 0.5) is 8.78 Å². The van der Waals surface area contributed by atoms with Crippen LogP contribution in [0.2, 0.25) is 0 Å². The Morgan fingerprint density at radius 3 is 2.21 bits per heavy atom. The van der Waals surface area contributed by atoms with Gasteiger partial charge in [0.25, 0.3) is 5.91 Å². The van der Waals surface area contributed by atoms with Crippen LogP contribution in [0.3, 0.4) is 0 Å². The zero-order valence-electron chi connectivity index (χ0n) is 8.34. The van der Waals surface area contributed by atoms with Crippen molar-refractivity contribution in [1.29, 1.82) is 0 Å². The van der Waals surface area contributed by atoms with Crippen LogP contribution in [-0.2, 0) is 14.3 Å². The molecule has 0 aliphatic rings. The zero-order chi connectivity index (χ0) is 11.4. The molecule has 0 aromatic rings. The first-order valence-electron chi connectivity index (χ1n) is 3.97. The fourth-order valence-electron chi connectivity index (χ4n) is 0.795. The van der Waals surface area contributed by atoms with Gasteiger partial charge < -0.3 is 9.64 Å². The predicted molar refractivity (Wildman–Crippen MR) is 44.9 cm³/mol. The Morgan fingerprint density at radius 1 is 1.36 bits per heavy atom. The molecule has 0 aliphatic carbocycles. The predicted octanol–water partition coefficient (Wildman–Crippen LogP) is 0.663. The molecule has 0 rings (SSSR count). The molecule has 0 aliphatic heterocycles. The number of alkyl halides is 2. The average Bonchev–Trinajstić information content (AvgIpc) is 2.12. The molecule has 0 radical (unpaired) electrons. The van der Waals surface area contributed by atoms with Crippen LogP contribution in [0.15, 0.2) is 0 Å². The van der Waals surface area contributed by atoms with E-state index >= 15 is 0 Å². The molecule has 0 aromatic carbocycles. The summed E-state index contributed by atoms with van der Waals surface area (Å²) in [5, 5.41) is 0. The lowest BCUT2D eigenvalue weighted by Gasteiger charge is -2.19. The molecule has 0 unspecified atom stereocenters. The average molecular weight is 209 g/mol.